The molecule has 0 saturated heterocycles. The van der Waals surface area contributed by atoms with E-state index in [1.807, 2.05) is 0 Å². The minimum Gasteiger partial charge on any atom is -0.0533 e. The van der Waals surface area contributed by atoms with Crippen molar-refractivity contribution < 1.29 is 0 Å². The summed E-state index contributed by atoms with van der Waals surface area (Å²) in [4.78, 5) is 0. The summed E-state index contributed by atoms with van der Waals surface area (Å²) in [5.74, 6) is 0.786. The van der Waals surface area contributed by atoms with Crippen LogP contribution in [0.3, 0.4) is 0 Å². The average Bonchev–Trinajstić information content (AvgIpc) is 1.69. The maximum atomic E-state index is 4.00. The lowest BCUT2D eigenvalue weighted by molar-refractivity contribution is 0.417. The molecule has 1 rings (SSSR count). The van der Waals surface area contributed by atoms with Crippen LogP contribution < -0.4 is 0 Å². The highest BCUT2D eigenvalue weighted by Crippen LogP contribution is 2.21. The molecule has 1 saturated carbocycles. The molecule has 8 heavy (non-hydrogen) atoms. The maximum absolute atomic E-state index is 4.00. The maximum Gasteiger partial charge on any atom is 0.316 e. The zero-order valence-corrected chi connectivity index (χ0v) is 4.82. The van der Waals surface area contributed by atoms with E-state index in [1.54, 1.807) is 0 Å². The fraction of sp³-hybridized carbons (Fsp3) is 0.857. The fourth-order valence-electron chi connectivity index (χ4n) is 1.19. The van der Waals surface area contributed by atoms with Crippen molar-refractivity contribution >= 4 is 23.1 Å². The van der Waals surface area contributed by atoms with Crippen LogP contribution in [-0.4, -0.2) is 23.1 Å². The predicted octanol–water partition coefficient (Wildman–Crippen LogP) is 1.48. The Labute approximate surface area is 68.2 Å². The first-order valence-corrected chi connectivity index (χ1v) is 3.22. The van der Waals surface area contributed by atoms with Crippen LogP contribution in [0.5, 0.6) is 0 Å². The first-order valence-electron chi connectivity index (χ1n) is 3.22. The molecule has 1 heteroatoms. The van der Waals surface area contributed by atoms with E-state index in [2.05, 4.69) is 6.92 Å². The van der Waals surface area contributed by atoms with Gasteiger partial charge in [-0.3, -0.25) is 0 Å². The van der Waals surface area contributed by atoms with Crippen LogP contribution in [0.1, 0.15) is 32.1 Å². The summed E-state index contributed by atoms with van der Waals surface area (Å²) in [6.07, 6.45) is 7.05. The Morgan fingerprint density at radius 2 is 1.50 bits per heavy atom. The standard InChI is InChI=1S/C7H13.Mg.2H/c1-7-5-3-2-4-6-7;;;/h7H,1-6H2;;;. The predicted molar refractivity (Wildman–Crippen MR) is 40.5 cm³/mol. The van der Waals surface area contributed by atoms with Crippen LogP contribution in [-0.2, 0) is 0 Å². The molecule has 45 valence electrons. The second-order valence-electron chi connectivity index (χ2n) is 2.50. The second-order valence-corrected chi connectivity index (χ2v) is 2.50. The van der Waals surface area contributed by atoms with Crippen LogP contribution in [0.25, 0.3) is 0 Å². The van der Waals surface area contributed by atoms with Gasteiger partial charge in [0.25, 0.3) is 0 Å². The van der Waals surface area contributed by atoms with Gasteiger partial charge in [0.15, 0.2) is 0 Å². The molecule has 0 amide bonds. The summed E-state index contributed by atoms with van der Waals surface area (Å²) >= 11 is 0. The molecule has 1 aliphatic rings. The van der Waals surface area contributed by atoms with Gasteiger partial charge in [-0.05, 0) is 5.92 Å². The fourth-order valence-corrected chi connectivity index (χ4v) is 1.19. The van der Waals surface area contributed by atoms with Crippen molar-refractivity contribution in [3.63, 3.8) is 0 Å². The van der Waals surface area contributed by atoms with Gasteiger partial charge in [0.1, 0.15) is 0 Å². The Balaban J connectivity index is 0.000000490. The summed E-state index contributed by atoms with van der Waals surface area (Å²) < 4.78 is 0. The Hall–Kier alpha value is 0.766. The number of hydrogen-bond acceptors (Lipinski definition) is 0. The van der Waals surface area contributed by atoms with E-state index < -0.39 is 0 Å². The monoisotopic (exact) mass is 123 g/mol. The SMILES string of the molecule is [CH2]C1CCCCC1.[MgH2]. The molecule has 0 heterocycles. The lowest BCUT2D eigenvalue weighted by Gasteiger charge is -2.15. The van der Waals surface area contributed by atoms with Crippen molar-refractivity contribution in [3.8, 4) is 0 Å². The van der Waals surface area contributed by atoms with E-state index in [0.29, 0.717) is 0 Å². The molecule has 0 aromatic rings. The minimum absolute atomic E-state index is 0. The van der Waals surface area contributed by atoms with Gasteiger partial charge in [0.2, 0.25) is 0 Å². The van der Waals surface area contributed by atoms with Crippen LogP contribution >= 0.6 is 0 Å². The molecule has 0 aromatic heterocycles. The van der Waals surface area contributed by atoms with Crippen LogP contribution in [0.15, 0.2) is 0 Å². The van der Waals surface area contributed by atoms with E-state index in [4.69, 9.17) is 0 Å². The largest absolute Gasteiger partial charge is 0.316 e. The van der Waals surface area contributed by atoms with Gasteiger partial charge in [-0.15, -0.1) is 0 Å². The van der Waals surface area contributed by atoms with Crippen LogP contribution in [0.4, 0.5) is 0 Å². The third-order valence-corrected chi connectivity index (χ3v) is 1.72. The van der Waals surface area contributed by atoms with E-state index in [-0.39, 0.29) is 23.1 Å². The molecular weight excluding hydrogens is 108 g/mol. The Morgan fingerprint density at radius 3 is 1.75 bits per heavy atom. The van der Waals surface area contributed by atoms with Gasteiger partial charge in [-0.25, -0.2) is 0 Å². The number of hydrogen-bond donors (Lipinski definition) is 0. The van der Waals surface area contributed by atoms with Crippen molar-refractivity contribution in [2.24, 2.45) is 5.92 Å². The Bertz CT molecular complexity index is 46.3. The summed E-state index contributed by atoms with van der Waals surface area (Å²) in [6.45, 7) is 4.00. The molecular formula is C7H15Mg. The van der Waals surface area contributed by atoms with Crippen molar-refractivity contribution in [2.45, 2.75) is 32.1 Å². The van der Waals surface area contributed by atoms with E-state index in [1.165, 1.54) is 32.1 Å². The quantitative estimate of drug-likeness (QED) is 0.428. The molecule has 0 nitrogen and oxygen atoms in total. The lowest BCUT2D eigenvalue weighted by atomic mass is 9.91. The molecule has 0 unspecified atom stereocenters. The topological polar surface area (TPSA) is 0 Å². The molecule has 0 N–H and O–H groups in total. The van der Waals surface area contributed by atoms with Gasteiger partial charge in [-0.2, -0.15) is 0 Å². The summed E-state index contributed by atoms with van der Waals surface area (Å²) in [6, 6.07) is 0. The van der Waals surface area contributed by atoms with E-state index in [9.17, 15) is 0 Å². The van der Waals surface area contributed by atoms with Crippen molar-refractivity contribution in [3.05, 3.63) is 6.92 Å². The summed E-state index contributed by atoms with van der Waals surface area (Å²) in [5, 5.41) is 0. The molecule has 0 atom stereocenters. The van der Waals surface area contributed by atoms with Gasteiger partial charge in [-0.1, -0.05) is 39.0 Å². The molecule has 1 fully saturated rings. The van der Waals surface area contributed by atoms with Crippen LogP contribution in [0, 0.1) is 12.8 Å². The first kappa shape index (κ1) is 8.77. The first-order chi connectivity index (χ1) is 3.39. The molecule has 0 bridgehead atoms. The highest BCUT2D eigenvalue weighted by atomic mass is 24.3. The number of rotatable bonds is 0. The van der Waals surface area contributed by atoms with E-state index >= 15 is 0 Å². The molecule has 0 aromatic carbocycles. The molecule has 0 spiro atoms. The van der Waals surface area contributed by atoms with Gasteiger partial charge in [0.05, 0.1) is 0 Å². The lowest BCUT2D eigenvalue weighted by Crippen LogP contribution is -2.00. The zero-order chi connectivity index (χ0) is 5.11. The van der Waals surface area contributed by atoms with Crippen molar-refractivity contribution in [1.29, 1.82) is 0 Å². The summed E-state index contributed by atoms with van der Waals surface area (Å²) in [7, 11) is 0. The van der Waals surface area contributed by atoms with E-state index in [0.717, 1.165) is 5.92 Å². The highest BCUT2D eigenvalue weighted by Gasteiger charge is 2.06. The normalized spacial score (nSPS) is 22.1. The molecule has 0 aliphatic heterocycles. The second kappa shape index (κ2) is 4.63. The zero-order valence-electron chi connectivity index (χ0n) is 4.82. The molecule has 1 aliphatic carbocycles. The smallest absolute Gasteiger partial charge is 0.0533 e. The third kappa shape index (κ3) is 2.93. The van der Waals surface area contributed by atoms with Gasteiger partial charge in [0, 0.05) is 0 Å². The van der Waals surface area contributed by atoms with Gasteiger partial charge < -0.3 is 0 Å². The van der Waals surface area contributed by atoms with Gasteiger partial charge >= 0.3 is 23.1 Å². The minimum atomic E-state index is 0. The van der Waals surface area contributed by atoms with Crippen molar-refractivity contribution in [1.82, 2.24) is 0 Å². The Morgan fingerprint density at radius 1 is 1.00 bits per heavy atom. The summed E-state index contributed by atoms with van der Waals surface area (Å²) in [5.41, 5.74) is 0. The van der Waals surface area contributed by atoms with Crippen molar-refractivity contribution in [2.75, 3.05) is 0 Å². The Kier molecular flexibility index (Phi) is 5.07. The molecule has 1 radical (unpaired) electrons. The third-order valence-electron chi connectivity index (χ3n) is 1.72. The van der Waals surface area contributed by atoms with Crippen LogP contribution in [0.2, 0.25) is 0 Å². The average molecular weight is 124 g/mol. The highest BCUT2D eigenvalue weighted by molar-refractivity contribution is 5.75.